The molecule has 4 rings (SSSR count). The number of carbonyl (C=O) groups excluding carboxylic acids is 1. The molecule has 1 amide bonds. The van der Waals surface area contributed by atoms with Gasteiger partial charge >= 0.3 is 0 Å². The molecule has 0 saturated heterocycles. The number of rotatable bonds is 3. The highest BCUT2D eigenvalue weighted by Gasteiger charge is 2.29. The van der Waals surface area contributed by atoms with Gasteiger partial charge in [0, 0.05) is 13.6 Å². The van der Waals surface area contributed by atoms with Crippen LogP contribution >= 0.6 is 0 Å². The molecule has 6 nitrogen and oxygen atoms in total. The zero-order valence-electron chi connectivity index (χ0n) is 13.2. The molecule has 2 aromatic rings. The highest BCUT2D eigenvalue weighted by atomic mass is 16.7. The summed E-state index contributed by atoms with van der Waals surface area (Å²) in [6, 6.07) is 13.0. The maximum absolute atomic E-state index is 12.6. The zero-order chi connectivity index (χ0) is 16.5. The van der Waals surface area contributed by atoms with Crippen LogP contribution in [-0.2, 0) is 11.3 Å². The number of para-hydroxylation sites is 2. The van der Waals surface area contributed by atoms with Gasteiger partial charge in [-0.05, 0) is 29.8 Å². The molecule has 0 unspecified atom stereocenters. The van der Waals surface area contributed by atoms with Crippen LogP contribution in [0.4, 0.5) is 0 Å². The molecule has 0 fully saturated rings. The van der Waals surface area contributed by atoms with Crippen molar-refractivity contribution in [1.82, 2.24) is 4.90 Å². The molecule has 1 atom stereocenters. The van der Waals surface area contributed by atoms with Crippen LogP contribution in [0.25, 0.3) is 0 Å². The van der Waals surface area contributed by atoms with E-state index in [1.807, 2.05) is 36.4 Å². The largest absolute Gasteiger partial charge is 0.485 e. The summed E-state index contributed by atoms with van der Waals surface area (Å²) in [5, 5.41) is 0. The minimum Gasteiger partial charge on any atom is -0.485 e. The third-order valence-corrected chi connectivity index (χ3v) is 4.02. The molecule has 2 aromatic carbocycles. The van der Waals surface area contributed by atoms with Crippen LogP contribution in [0.2, 0.25) is 0 Å². The number of benzene rings is 2. The lowest BCUT2D eigenvalue weighted by atomic mass is 10.2. The van der Waals surface area contributed by atoms with E-state index in [4.69, 9.17) is 18.9 Å². The van der Waals surface area contributed by atoms with E-state index in [2.05, 4.69) is 0 Å². The number of hydrogen-bond donors (Lipinski definition) is 0. The predicted molar refractivity (Wildman–Crippen MR) is 85.4 cm³/mol. The summed E-state index contributed by atoms with van der Waals surface area (Å²) in [5.41, 5.74) is 0.965. The van der Waals surface area contributed by atoms with Crippen LogP contribution in [0.5, 0.6) is 23.0 Å². The van der Waals surface area contributed by atoms with Crippen LogP contribution in [0.3, 0.4) is 0 Å². The van der Waals surface area contributed by atoms with E-state index in [9.17, 15) is 4.79 Å². The normalized spacial score (nSPS) is 17.5. The average molecular weight is 327 g/mol. The molecule has 0 bridgehead atoms. The fourth-order valence-electron chi connectivity index (χ4n) is 2.78. The van der Waals surface area contributed by atoms with E-state index in [-0.39, 0.29) is 19.3 Å². The Kier molecular flexibility index (Phi) is 3.65. The highest BCUT2D eigenvalue weighted by molar-refractivity contribution is 5.81. The number of fused-ring (bicyclic) bond motifs is 2. The van der Waals surface area contributed by atoms with Crippen molar-refractivity contribution in [2.75, 3.05) is 20.4 Å². The molecule has 2 heterocycles. The Morgan fingerprint density at radius 2 is 1.79 bits per heavy atom. The molecule has 0 aliphatic carbocycles. The Morgan fingerprint density at radius 3 is 2.67 bits per heavy atom. The third-order valence-electron chi connectivity index (χ3n) is 4.02. The first-order valence-corrected chi connectivity index (χ1v) is 7.73. The van der Waals surface area contributed by atoms with Gasteiger partial charge < -0.3 is 23.8 Å². The molecule has 124 valence electrons. The lowest BCUT2D eigenvalue weighted by Gasteiger charge is -2.28. The number of ether oxygens (including phenoxy) is 4. The predicted octanol–water partition coefficient (Wildman–Crippen LogP) is 2.21. The van der Waals surface area contributed by atoms with Crippen molar-refractivity contribution < 1.29 is 23.7 Å². The molecular formula is C18H17NO5. The second-order valence-corrected chi connectivity index (χ2v) is 5.75. The summed E-state index contributed by atoms with van der Waals surface area (Å²) >= 11 is 0. The number of amides is 1. The molecule has 0 N–H and O–H groups in total. The SMILES string of the molecule is CN(Cc1ccc2c(c1)OCO2)C(=O)[C@@H]1COc2ccccc2O1. The van der Waals surface area contributed by atoms with Crippen LogP contribution in [0, 0.1) is 0 Å². The van der Waals surface area contributed by atoms with Crippen molar-refractivity contribution in [2.24, 2.45) is 0 Å². The van der Waals surface area contributed by atoms with Crippen LogP contribution in [0.15, 0.2) is 42.5 Å². The summed E-state index contributed by atoms with van der Waals surface area (Å²) < 4.78 is 22.0. The van der Waals surface area contributed by atoms with Crippen molar-refractivity contribution in [2.45, 2.75) is 12.6 Å². The Balaban J connectivity index is 1.43. The quantitative estimate of drug-likeness (QED) is 0.865. The van der Waals surface area contributed by atoms with Gasteiger partial charge in [-0.15, -0.1) is 0 Å². The smallest absolute Gasteiger partial charge is 0.267 e. The van der Waals surface area contributed by atoms with Crippen molar-refractivity contribution in [3.8, 4) is 23.0 Å². The van der Waals surface area contributed by atoms with E-state index in [1.165, 1.54) is 0 Å². The molecule has 0 saturated carbocycles. The standard InChI is InChI=1S/C18H17NO5/c1-19(9-12-6-7-14-16(8-12)23-11-22-14)18(20)17-10-21-13-4-2-3-5-15(13)24-17/h2-8,17H,9-11H2,1H3/t17-/m0/s1. The first kappa shape index (κ1) is 14.7. The number of nitrogens with zero attached hydrogens (tertiary/aromatic N) is 1. The van der Waals surface area contributed by atoms with E-state index >= 15 is 0 Å². The highest BCUT2D eigenvalue weighted by Crippen LogP contribution is 2.33. The first-order valence-electron chi connectivity index (χ1n) is 7.73. The molecular weight excluding hydrogens is 310 g/mol. The van der Waals surface area contributed by atoms with Crippen molar-refractivity contribution in [3.63, 3.8) is 0 Å². The van der Waals surface area contributed by atoms with E-state index in [1.54, 1.807) is 18.0 Å². The summed E-state index contributed by atoms with van der Waals surface area (Å²) in [4.78, 5) is 14.2. The summed E-state index contributed by atoms with van der Waals surface area (Å²) in [5.74, 6) is 2.58. The maximum atomic E-state index is 12.6. The minimum atomic E-state index is -0.640. The fourth-order valence-corrected chi connectivity index (χ4v) is 2.78. The number of likely N-dealkylation sites (N-methyl/N-ethyl adjacent to an activating group) is 1. The molecule has 2 aliphatic rings. The molecule has 6 heteroatoms. The van der Waals surface area contributed by atoms with Crippen LogP contribution in [0.1, 0.15) is 5.56 Å². The lowest BCUT2D eigenvalue weighted by Crippen LogP contribution is -2.44. The van der Waals surface area contributed by atoms with Crippen molar-refractivity contribution in [1.29, 1.82) is 0 Å². The van der Waals surface area contributed by atoms with Gasteiger partial charge in [-0.1, -0.05) is 18.2 Å². The first-order chi connectivity index (χ1) is 11.7. The van der Waals surface area contributed by atoms with Crippen LogP contribution < -0.4 is 18.9 Å². The van der Waals surface area contributed by atoms with Gasteiger partial charge in [0.15, 0.2) is 23.0 Å². The molecule has 2 aliphatic heterocycles. The van der Waals surface area contributed by atoms with Gasteiger partial charge in [-0.2, -0.15) is 0 Å². The average Bonchev–Trinajstić information content (AvgIpc) is 3.08. The van der Waals surface area contributed by atoms with Gasteiger partial charge in [-0.3, -0.25) is 4.79 Å². The van der Waals surface area contributed by atoms with Gasteiger partial charge in [-0.25, -0.2) is 0 Å². The third kappa shape index (κ3) is 2.71. The monoisotopic (exact) mass is 327 g/mol. The minimum absolute atomic E-state index is 0.123. The van der Waals surface area contributed by atoms with Gasteiger partial charge in [0.2, 0.25) is 12.9 Å². The molecule has 0 radical (unpaired) electrons. The number of hydrogen-bond acceptors (Lipinski definition) is 5. The Morgan fingerprint density at radius 1 is 1.04 bits per heavy atom. The van der Waals surface area contributed by atoms with Gasteiger partial charge in [0.25, 0.3) is 5.91 Å². The Hall–Kier alpha value is -2.89. The van der Waals surface area contributed by atoms with E-state index in [0.29, 0.717) is 23.8 Å². The van der Waals surface area contributed by atoms with Gasteiger partial charge in [0.1, 0.15) is 6.61 Å². The Bertz CT molecular complexity index is 776. The van der Waals surface area contributed by atoms with Gasteiger partial charge in [0.05, 0.1) is 0 Å². The topological polar surface area (TPSA) is 57.2 Å². The summed E-state index contributed by atoms with van der Waals surface area (Å²) in [6.45, 7) is 0.901. The molecule has 0 aromatic heterocycles. The number of carbonyl (C=O) groups is 1. The maximum Gasteiger partial charge on any atom is 0.267 e. The van der Waals surface area contributed by atoms with Crippen molar-refractivity contribution >= 4 is 5.91 Å². The van der Waals surface area contributed by atoms with Crippen molar-refractivity contribution in [3.05, 3.63) is 48.0 Å². The summed E-state index contributed by atoms with van der Waals surface area (Å²) in [7, 11) is 1.75. The molecule has 24 heavy (non-hydrogen) atoms. The fraction of sp³-hybridized carbons (Fsp3) is 0.278. The second kappa shape index (κ2) is 5.96. The van der Waals surface area contributed by atoms with E-state index in [0.717, 1.165) is 11.3 Å². The second-order valence-electron chi connectivity index (χ2n) is 5.75. The van der Waals surface area contributed by atoms with Crippen LogP contribution in [-0.4, -0.2) is 37.4 Å². The van der Waals surface area contributed by atoms with E-state index < -0.39 is 6.10 Å². The lowest BCUT2D eigenvalue weighted by molar-refractivity contribution is -0.140. The summed E-state index contributed by atoms with van der Waals surface area (Å²) in [6.07, 6.45) is -0.640. The Labute approximate surface area is 139 Å². The molecule has 0 spiro atoms. The zero-order valence-corrected chi connectivity index (χ0v) is 13.2.